The third kappa shape index (κ3) is 6.14. The van der Waals surface area contributed by atoms with Crippen molar-refractivity contribution in [2.45, 2.75) is 6.61 Å². The van der Waals surface area contributed by atoms with E-state index in [2.05, 4.69) is 10.5 Å². The highest BCUT2D eigenvalue weighted by atomic mass is 35.5. The van der Waals surface area contributed by atoms with E-state index in [0.717, 1.165) is 11.1 Å². The lowest BCUT2D eigenvalue weighted by atomic mass is 10.2. The van der Waals surface area contributed by atoms with E-state index in [1.165, 1.54) is 6.21 Å². The molecule has 0 atom stereocenters. The Morgan fingerprint density at radius 1 is 0.929 bits per heavy atom. The van der Waals surface area contributed by atoms with Crippen molar-refractivity contribution in [2.75, 3.05) is 6.61 Å². The van der Waals surface area contributed by atoms with Crippen LogP contribution < -0.4 is 14.9 Å². The number of hydrazone groups is 1. The summed E-state index contributed by atoms with van der Waals surface area (Å²) in [4.78, 5) is 11.8. The summed E-state index contributed by atoms with van der Waals surface area (Å²) in [7, 11) is 0. The predicted octanol–water partition coefficient (Wildman–Crippen LogP) is 4.45. The van der Waals surface area contributed by atoms with Crippen LogP contribution in [0.25, 0.3) is 0 Å². The number of para-hydroxylation sites is 2. The van der Waals surface area contributed by atoms with Crippen LogP contribution in [0.1, 0.15) is 11.1 Å². The van der Waals surface area contributed by atoms with Gasteiger partial charge in [0.25, 0.3) is 5.91 Å². The zero-order chi connectivity index (χ0) is 19.6. The molecule has 0 aliphatic heterocycles. The molecular weight excluding hydrogens is 376 g/mol. The van der Waals surface area contributed by atoms with E-state index < -0.39 is 0 Å². The first-order valence-electron chi connectivity index (χ1n) is 8.67. The number of ether oxygens (including phenoxy) is 2. The maximum Gasteiger partial charge on any atom is 0.277 e. The molecule has 28 heavy (non-hydrogen) atoms. The van der Waals surface area contributed by atoms with Gasteiger partial charge in [0.15, 0.2) is 6.61 Å². The Kier molecular flexibility index (Phi) is 7.04. The minimum absolute atomic E-state index is 0.115. The Bertz CT molecular complexity index is 928. The second-order valence-electron chi connectivity index (χ2n) is 5.85. The summed E-state index contributed by atoms with van der Waals surface area (Å²) in [6.07, 6.45) is 1.54. The topological polar surface area (TPSA) is 59.9 Å². The number of benzene rings is 3. The number of carbonyl (C=O) groups is 1. The van der Waals surface area contributed by atoms with Crippen LogP contribution in [0.15, 0.2) is 84.0 Å². The van der Waals surface area contributed by atoms with Crippen LogP contribution in [-0.4, -0.2) is 18.7 Å². The summed E-state index contributed by atoms with van der Waals surface area (Å²) in [5.74, 6) is 0.943. The van der Waals surface area contributed by atoms with E-state index in [0.29, 0.717) is 23.1 Å². The number of nitrogens with zero attached hydrogens (tertiary/aromatic N) is 1. The van der Waals surface area contributed by atoms with Crippen molar-refractivity contribution in [3.05, 3.63) is 95.0 Å². The molecule has 5 nitrogen and oxygen atoms in total. The lowest BCUT2D eigenvalue weighted by Crippen LogP contribution is -2.24. The van der Waals surface area contributed by atoms with Crippen LogP contribution in [0.2, 0.25) is 5.02 Å². The first-order chi connectivity index (χ1) is 13.7. The van der Waals surface area contributed by atoms with Crippen LogP contribution in [0.5, 0.6) is 11.5 Å². The first kappa shape index (κ1) is 19.5. The van der Waals surface area contributed by atoms with E-state index in [4.69, 9.17) is 21.1 Å². The molecule has 0 bridgehead atoms. The quantitative estimate of drug-likeness (QED) is 0.453. The van der Waals surface area contributed by atoms with Gasteiger partial charge < -0.3 is 9.47 Å². The van der Waals surface area contributed by atoms with E-state index in [-0.39, 0.29) is 12.5 Å². The van der Waals surface area contributed by atoms with Crippen molar-refractivity contribution in [1.82, 2.24) is 5.43 Å². The number of halogens is 1. The number of carbonyl (C=O) groups excluding carboxylic acids is 1. The summed E-state index contributed by atoms with van der Waals surface area (Å²) in [5, 5.41) is 4.66. The fourth-order valence-corrected chi connectivity index (χ4v) is 2.46. The van der Waals surface area contributed by atoms with Crippen LogP contribution in [-0.2, 0) is 11.4 Å². The summed E-state index contributed by atoms with van der Waals surface area (Å²) >= 11 is 5.89. The molecule has 0 aliphatic carbocycles. The molecule has 0 radical (unpaired) electrons. The highest BCUT2D eigenvalue weighted by Crippen LogP contribution is 2.18. The molecule has 1 N–H and O–H groups in total. The molecule has 3 aromatic carbocycles. The van der Waals surface area contributed by atoms with Gasteiger partial charge in [0, 0.05) is 10.6 Å². The smallest absolute Gasteiger partial charge is 0.277 e. The zero-order valence-electron chi connectivity index (χ0n) is 15.0. The molecule has 0 aliphatic rings. The number of hydrogen-bond donors (Lipinski definition) is 1. The lowest BCUT2D eigenvalue weighted by Gasteiger charge is -2.09. The van der Waals surface area contributed by atoms with Gasteiger partial charge in [-0.05, 0) is 42.0 Å². The van der Waals surface area contributed by atoms with Crippen molar-refractivity contribution < 1.29 is 14.3 Å². The van der Waals surface area contributed by atoms with Crippen LogP contribution in [0.4, 0.5) is 0 Å². The lowest BCUT2D eigenvalue weighted by molar-refractivity contribution is -0.123. The largest absolute Gasteiger partial charge is 0.488 e. The van der Waals surface area contributed by atoms with Gasteiger partial charge in [0.05, 0.1) is 6.21 Å². The highest BCUT2D eigenvalue weighted by molar-refractivity contribution is 6.30. The van der Waals surface area contributed by atoms with Gasteiger partial charge in [0.2, 0.25) is 0 Å². The highest BCUT2D eigenvalue weighted by Gasteiger charge is 2.03. The normalized spacial score (nSPS) is 10.6. The molecule has 0 fully saturated rings. The van der Waals surface area contributed by atoms with Crippen LogP contribution >= 0.6 is 11.6 Å². The minimum atomic E-state index is -0.348. The van der Waals surface area contributed by atoms with Crippen molar-refractivity contribution in [1.29, 1.82) is 0 Å². The Morgan fingerprint density at radius 3 is 2.43 bits per heavy atom. The standard InChI is InChI=1S/C22H19ClN2O3/c23-19-12-10-17(11-13-19)15-28-21-9-5-4-6-18(21)14-24-25-22(26)16-27-20-7-2-1-3-8-20/h1-14H,15-16H2,(H,25,26)/b24-14-. The van der Waals surface area contributed by atoms with Crippen molar-refractivity contribution in [2.24, 2.45) is 5.10 Å². The molecule has 0 saturated heterocycles. The van der Waals surface area contributed by atoms with Crippen molar-refractivity contribution >= 4 is 23.7 Å². The summed E-state index contributed by atoms with van der Waals surface area (Å²) in [5.41, 5.74) is 4.20. The molecule has 0 saturated carbocycles. The third-order valence-electron chi connectivity index (χ3n) is 3.73. The Balaban J connectivity index is 1.52. The molecule has 142 valence electrons. The summed E-state index contributed by atoms with van der Waals surface area (Å²) in [6.45, 7) is 0.287. The molecule has 0 unspecified atom stereocenters. The van der Waals surface area contributed by atoms with E-state index in [1.807, 2.05) is 66.7 Å². The van der Waals surface area contributed by atoms with Gasteiger partial charge in [0.1, 0.15) is 18.1 Å². The molecule has 3 aromatic rings. The maximum atomic E-state index is 11.8. The summed E-state index contributed by atoms with van der Waals surface area (Å²) < 4.78 is 11.2. The maximum absolute atomic E-state index is 11.8. The molecule has 1 amide bonds. The Labute approximate surface area is 168 Å². The van der Waals surface area contributed by atoms with Gasteiger partial charge >= 0.3 is 0 Å². The second kappa shape index (κ2) is 10.1. The van der Waals surface area contributed by atoms with E-state index >= 15 is 0 Å². The number of hydrogen-bond acceptors (Lipinski definition) is 4. The minimum Gasteiger partial charge on any atom is -0.488 e. The van der Waals surface area contributed by atoms with Gasteiger partial charge in [-0.15, -0.1) is 0 Å². The molecule has 0 heterocycles. The fourth-order valence-electron chi connectivity index (χ4n) is 2.33. The first-order valence-corrected chi connectivity index (χ1v) is 9.04. The molecule has 6 heteroatoms. The second-order valence-corrected chi connectivity index (χ2v) is 6.28. The monoisotopic (exact) mass is 394 g/mol. The molecule has 3 rings (SSSR count). The van der Waals surface area contributed by atoms with Crippen molar-refractivity contribution in [3.8, 4) is 11.5 Å². The van der Waals surface area contributed by atoms with Gasteiger partial charge in [-0.2, -0.15) is 5.10 Å². The summed E-state index contributed by atoms with van der Waals surface area (Å²) in [6, 6.07) is 24.0. The van der Waals surface area contributed by atoms with Crippen molar-refractivity contribution in [3.63, 3.8) is 0 Å². The van der Waals surface area contributed by atoms with Gasteiger partial charge in [-0.25, -0.2) is 5.43 Å². The average molecular weight is 395 g/mol. The Morgan fingerprint density at radius 2 is 1.64 bits per heavy atom. The third-order valence-corrected chi connectivity index (χ3v) is 3.98. The molecular formula is C22H19ClN2O3. The molecule has 0 aromatic heterocycles. The molecule has 0 spiro atoms. The van der Waals surface area contributed by atoms with E-state index in [9.17, 15) is 4.79 Å². The average Bonchev–Trinajstić information content (AvgIpc) is 2.73. The predicted molar refractivity (Wildman–Crippen MR) is 110 cm³/mol. The number of nitrogens with one attached hydrogen (secondary N) is 1. The Hall–Kier alpha value is -3.31. The zero-order valence-corrected chi connectivity index (χ0v) is 15.8. The van der Waals surface area contributed by atoms with Gasteiger partial charge in [-0.1, -0.05) is 54.1 Å². The fraction of sp³-hybridized carbons (Fsp3) is 0.0909. The number of rotatable bonds is 8. The van der Waals surface area contributed by atoms with Crippen LogP contribution in [0.3, 0.4) is 0 Å². The van der Waals surface area contributed by atoms with Gasteiger partial charge in [-0.3, -0.25) is 4.79 Å². The number of amides is 1. The van der Waals surface area contributed by atoms with Crippen LogP contribution in [0, 0.1) is 0 Å². The van der Waals surface area contributed by atoms with E-state index in [1.54, 1.807) is 12.1 Å². The SMILES string of the molecule is O=C(COc1ccccc1)N/N=C\c1ccccc1OCc1ccc(Cl)cc1.